The summed E-state index contributed by atoms with van der Waals surface area (Å²) < 4.78 is 29.2. The Bertz CT molecular complexity index is 736. The third-order valence-corrected chi connectivity index (χ3v) is 4.38. The highest BCUT2D eigenvalue weighted by Crippen LogP contribution is 2.11. The molecule has 0 aromatic heterocycles. The van der Waals surface area contributed by atoms with Gasteiger partial charge in [0.05, 0.1) is 18.2 Å². The highest BCUT2D eigenvalue weighted by atomic mass is 32.2. The van der Waals surface area contributed by atoms with E-state index in [4.69, 9.17) is 4.74 Å². The monoisotopic (exact) mass is 318 g/mol. The van der Waals surface area contributed by atoms with Crippen molar-refractivity contribution in [1.82, 2.24) is 4.83 Å². The molecular weight excluding hydrogens is 300 g/mol. The summed E-state index contributed by atoms with van der Waals surface area (Å²) in [4.78, 5) is 2.39. The zero-order valence-electron chi connectivity index (χ0n) is 12.5. The lowest BCUT2D eigenvalue weighted by atomic mass is 10.2. The Kier molecular flexibility index (Phi) is 5.16. The molecule has 0 unspecified atom stereocenters. The molecule has 5 nitrogen and oxygen atoms in total. The second-order valence-corrected chi connectivity index (χ2v) is 6.28. The summed E-state index contributed by atoms with van der Waals surface area (Å²) in [7, 11) is -2.06. The molecule has 2 aromatic rings. The minimum Gasteiger partial charge on any atom is -0.497 e. The number of hydrazone groups is 1. The average Bonchev–Trinajstić information content (AvgIpc) is 2.55. The van der Waals surface area contributed by atoms with E-state index >= 15 is 0 Å². The lowest BCUT2D eigenvalue weighted by Gasteiger charge is -2.04. The number of sulfonamides is 1. The number of hydrogen-bond donors (Lipinski definition) is 1. The maximum absolute atomic E-state index is 12.1. The van der Waals surface area contributed by atoms with Crippen LogP contribution in [0.5, 0.6) is 5.75 Å². The summed E-state index contributed by atoms with van der Waals surface area (Å²) in [6, 6.07) is 13.9. The van der Waals surface area contributed by atoms with Crippen LogP contribution in [0.25, 0.3) is 0 Å². The van der Waals surface area contributed by atoms with Crippen molar-refractivity contribution in [2.24, 2.45) is 5.10 Å². The van der Waals surface area contributed by atoms with Gasteiger partial charge in [-0.3, -0.25) is 0 Å². The second kappa shape index (κ2) is 7.09. The molecular formula is C16H18N2O3S. The summed E-state index contributed by atoms with van der Waals surface area (Å²) in [5.74, 6) is 0.730. The lowest BCUT2D eigenvalue weighted by Crippen LogP contribution is -2.18. The normalized spacial score (nSPS) is 11.5. The fraction of sp³-hybridized carbons (Fsp3) is 0.188. The number of hydrogen-bond acceptors (Lipinski definition) is 4. The molecule has 0 aliphatic rings. The van der Waals surface area contributed by atoms with Gasteiger partial charge in [-0.05, 0) is 53.9 Å². The lowest BCUT2D eigenvalue weighted by molar-refractivity contribution is 0.415. The molecule has 22 heavy (non-hydrogen) atoms. The fourth-order valence-corrected chi connectivity index (χ4v) is 2.61. The summed E-state index contributed by atoms with van der Waals surface area (Å²) in [5.41, 5.74) is 1.85. The number of benzene rings is 2. The van der Waals surface area contributed by atoms with Gasteiger partial charge in [0.2, 0.25) is 0 Å². The average molecular weight is 318 g/mol. The third-order valence-electron chi connectivity index (χ3n) is 3.14. The van der Waals surface area contributed by atoms with E-state index in [0.29, 0.717) is 0 Å². The quantitative estimate of drug-likeness (QED) is 0.657. The maximum Gasteiger partial charge on any atom is 0.276 e. The minimum atomic E-state index is -3.64. The summed E-state index contributed by atoms with van der Waals surface area (Å²) in [5, 5.41) is 3.78. The molecule has 1 N–H and O–H groups in total. The minimum absolute atomic E-state index is 0.191. The first-order chi connectivity index (χ1) is 10.5. The van der Waals surface area contributed by atoms with Crippen molar-refractivity contribution in [3.8, 4) is 5.75 Å². The molecule has 0 saturated carbocycles. The Labute approximate surface area is 130 Å². The van der Waals surface area contributed by atoms with E-state index in [1.807, 2.05) is 6.92 Å². The molecule has 6 heteroatoms. The molecule has 0 aliphatic carbocycles. The van der Waals surface area contributed by atoms with Crippen LogP contribution in [-0.4, -0.2) is 21.7 Å². The second-order valence-electron chi connectivity index (χ2n) is 4.62. The molecule has 0 aliphatic heterocycles. The van der Waals surface area contributed by atoms with Crippen LogP contribution in [0.2, 0.25) is 0 Å². The Balaban J connectivity index is 2.05. The van der Waals surface area contributed by atoms with Crippen LogP contribution in [0.4, 0.5) is 0 Å². The van der Waals surface area contributed by atoms with E-state index in [0.717, 1.165) is 23.3 Å². The third kappa shape index (κ3) is 4.08. The van der Waals surface area contributed by atoms with E-state index in [-0.39, 0.29) is 4.90 Å². The molecule has 0 radical (unpaired) electrons. The van der Waals surface area contributed by atoms with Gasteiger partial charge >= 0.3 is 0 Å². The first-order valence-electron chi connectivity index (χ1n) is 6.83. The molecule has 0 bridgehead atoms. The first kappa shape index (κ1) is 16.0. The first-order valence-corrected chi connectivity index (χ1v) is 8.31. The van der Waals surface area contributed by atoms with Crippen molar-refractivity contribution < 1.29 is 13.2 Å². The van der Waals surface area contributed by atoms with Crippen molar-refractivity contribution in [3.05, 3.63) is 59.7 Å². The molecule has 0 saturated heterocycles. The molecule has 0 atom stereocenters. The Morgan fingerprint density at radius 3 is 2.27 bits per heavy atom. The topological polar surface area (TPSA) is 67.8 Å². The number of ether oxygens (including phenoxy) is 1. The van der Waals surface area contributed by atoms with Gasteiger partial charge in [-0.1, -0.05) is 19.1 Å². The predicted octanol–water partition coefficient (Wildman–Crippen LogP) is 2.57. The summed E-state index contributed by atoms with van der Waals surface area (Å²) in [6.07, 6.45) is 2.31. The number of methoxy groups -OCH3 is 1. The van der Waals surface area contributed by atoms with Crippen LogP contribution in [0, 0.1) is 0 Å². The zero-order chi connectivity index (χ0) is 16.0. The van der Waals surface area contributed by atoms with Gasteiger partial charge in [-0.15, -0.1) is 0 Å². The number of rotatable bonds is 6. The van der Waals surface area contributed by atoms with Gasteiger partial charge in [0, 0.05) is 0 Å². The Morgan fingerprint density at radius 2 is 1.73 bits per heavy atom. The number of aryl methyl sites for hydroxylation is 1. The SMILES string of the molecule is CCc1ccc(S(=O)(=O)N/N=C\c2ccc(OC)cc2)cc1. The number of nitrogens with one attached hydrogen (secondary N) is 1. The van der Waals surface area contributed by atoms with Gasteiger partial charge in [-0.2, -0.15) is 13.5 Å². The van der Waals surface area contributed by atoms with Crippen molar-refractivity contribution in [2.75, 3.05) is 7.11 Å². The molecule has 0 spiro atoms. The van der Waals surface area contributed by atoms with Crippen molar-refractivity contribution in [3.63, 3.8) is 0 Å². The largest absolute Gasteiger partial charge is 0.497 e. The van der Waals surface area contributed by atoms with Gasteiger partial charge in [-0.25, -0.2) is 4.83 Å². The highest BCUT2D eigenvalue weighted by molar-refractivity contribution is 7.89. The van der Waals surface area contributed by atoms with Crippen LogP contribution < -0.4 is 9.57 Å². The smallest absolute Gasteiger partial charge is 0.276 e. The van der Waals surface area contributed by atoms with E-state index in [1.165, 1.54) is 6.21 Å². The van der Waals surface area contributed by atoms with Crippen molar-refractivity contribution in [1.29, 1.82) is 0 Å². The fourth-order valence-electron chi connectivity index (χ4n) is 1.82. The van der Waals surface area contributed by atoms with Gasteiger partial charge in [0.1, 0.15) is 5.75 Å². The Morgan fingerprint density at radius 1 is 1.09 bits per heavy atom. The Hall–Kier alpha value is -2.34. The van der Waals surface area contributed by atoms with Crippen LogP contribution in [0.15, 0.2) is 58.5 Å². The number of nitrogens with zero attached hydrogens (tertiary/aromatic N) is 1. The molecule has 0 fully saturated rings. The van der Waals surface area contributed by atoms with Crippen molar-refractivity contribution in [2.45, 2.75) is 18.2 Å². The van der Waals surface area contributed by atoms with Gasteiger partial charge in [0.25, 0.3) is 10.0 Å². The summed E-state index contributed by atoms with van der Waals surface area (Å²) in [6.45, 7) is 2.01. The highest BCUT2D eigenvalue weighted by Gasteiger charge is 2.11. The van der Waals surface area contributed by atoms with Gasteiger partial charge in [0.15, 0.2) is 0 Å². The molecule has 116 valence electrons. The van der Waals surface area contributed by atoms with E-state index in [2.05, 4.69) is 9.93 Å². The maximum atomic E-state index is 12.1. The molecule has 2 aromatic carbocycles. The molecule has 0 amide bonds. The van der Waals surface area contributed by atoms with Crippen LogP contribution in [0.3, 0.4) is 0 Å². The zero-order valence-corrected chi connectivity index (χ0v) is 13.3. The van der Waals surface area contributed by atoms with Crippen LogP contribution in [0.1, 0.15) is 18.1 Å². The molecule has 0 heterocycles. The van der Waals surface area contributed by atoms with E-state index < -0.39 is 10.0 Å². The van der Waals surface area contributed by atoms with E-state index in [9.17, 15) is 8.42 Å². The standard InChI is InChI=1S/C16H18N2O3S/c1-3-13-6-10-16(11-7-13)22(19,20)18-17-12-14-4-8-15(21-2)9-5-14/h4-12,18H,3H2,1-2H3/b17-12-. The summed E-state index contributed by atoms with van der Waals surface area (Å²) >= 11 is 0. The van der Waals surface area contributed by atoms with Crippen molar-refractivity contribution >= 4 is 16.2 Å². The van der Waals surface area contributed by atoms with Crippen LogP contribution in [-0.2, 0) is 16.4 Å². The van der Waals surface area contributed by atoms with Crippen LogP contribution >= 0.6 is 0 Å². The molecule has 2 rings (SSSR count). The van der Waals surface area contributed by atoms with E-state index in [1.54, 1.807) is 55.6 Å². The van der Waals surface area contributed by atoms with Gasteiger partial charge < -0.3 is 4.74 Å². The predicted molar refractivity (Wildman–Crippen MR) is 86.7 cm³/mol.